The highest BCUT2D eigenvalue weighted by Gasteiger charge is 2.16. The third-order valence-corrected chi connectivity index (χ3v) is 5.59. The van der Waals surface area contributed by atoms with Crippen LogP contribution in [-0.2, 0) is 0 Å². The molecule has 21 heavy (non-hydrogen) atoms. The Kier molecular flexibility index (Phi) is 3.96. The molecule has 0 unspecified atom stereocenters. The first-order chi connectivity index (χ1) is 10.0. The smallest absolute Gasteiger partial charge is 0.337 e. The van der Waals surface area contributed by atoms with Crippen molar-refractivity contribution in [2.75, 3.05) is 5.32 Å². The van der Waals surface area contributed by atoms with Crippen LogP contribution in [0.25, 0.3) is 9.40 Å². The summed E-state index contributed by atoms with van der Waals surface area (Å²) >= 11 is 5.01. The van der Waals surface area contributed by atoms with E-state index in [0.717, 1.165) is 13.0 Å². The van der Waals surface area contributed by atoms with Gasteiger partial charge in [-0.3, -0.25) is 4.79 Å². The predicted molar refractivity (Wildman–Crippen MR) is 93.8 cm³/mol. The topological polar surface area (TPSA) is 66.4 Å². The molecule has 0 aliphatic heterocycles. The molecule has 0 atom stereocenters. The van der Waals surface area contributed by atoms with Gasteiger partial charge in [-0.15, -0.1) is 22.7 Å². The first-order valence-electron chi connectivity index (χ1n) is 5.86. The average Bonchev–Trinajstić information content (AvgIpc) is 3.01. The van der Waals surface area contributed by atoms with Crippen molar-refractivity contribution in [1.82, 2.24) is 0 Å². The van der Waals surface area contributed by atoms with Crippen LogP contribution in [0.5, 0.6) is 0 Å². The molecule has 0 fully saturated rings. The molecule has 3 rings (SSSR count). The number of carbonyl (C=O) groups excluding carboxylic acids is 1. The number of hydrogen-bond donors (Lipinski definition) is 2. The Morgan fingerprint density at radius 1 is 1.14 bits per heavy atom. The summed E-state index contributed by atoms with van der Waals surface area (Å²) in [4.78, 5) is 24.1. The number of rotatable bonds is 3. The minimum Gasteiger partial charge on any atom is -0.478 e. The van der Waals surface area contributed by atoms with E-state index in [0.29, 0.717) is 10.6 Å². The minimum absolute atomic E-state index is 0.0913. The second-order valence-corrected chi connectivity index (χ2v) is 7.49. The fourth-order valence-corrected chi connectivity index (χ4v) is 4.36. The molecule has 1 amide bonds. The first kappa shape index (κ1) is 14.5. The number of fused-ring (bicyclic) bond motifs is 1. The van der Waals surface area contributed by atoms with Gasteiger partial charge in [-0.1, -0.05) is 0 Å². The van der Waals surface area contributed by atoms with Crippen molar-refractivity contribution in [2.45, 2.75) is 0 Å². The molecule has 7 heteroatoms. The monoisotopic (exact) mass is 429 g/mol. The summed E-state index contributed by atoms with van der Waals surface area (Å²) in [6.07, 6.45) is 0. The Morgan fingerprint density at radius 3 is 2.67 bits per heavy atom. The van der Waals surface area contributed by atoms with Crippen LogP contribution in [0.3, 0.4) is 0 Å². The quantitative estimate of drug-likeness (QED) is 0.602. The van der Waals surface area contributed by atoms with Crippen LogP contribution in [0.2, 0.25) is 0 Å². The molecule has 2 aromatic heterocycles. The largest absolute Gasteiger partial charge is 0.478 e. The summed E-state index contributed by atoms with van der Waals surface area (Å²) < 4.78 is 2.93. The molecule has 3 aromatic rings. The van der Waals surface area contributed by atoms with Gasteiger partial charge in [0, 0.05) is 13.0 Å². The van der Waals surface area contributed by atoms with Crippen molar-refractivity contribution in [3.63, 3.8) is 0 Å². The molecule has 2 heterocycles. The summed E-state index contributed by atoms with van der Waals surface area (Å²) in [6, 6.07) is 8.70. The second kappa shape index (κ2) is 5.74. The Labute approximate surface area is 141 Å². The van der Waals surface area contributed by atoms with Gasteiger partial charge >= 0.3 is 5.97 Å². The molecule has 0 radical (unpaired) electrons. The van der Waals surface area contributed by atoms with E-state index >= 15 is 0 Å². The molecule has 0 aliphatic rings. The van der Waals surface area contributed by atoms with Gasteiger partial charge in [0.25, 0.3) is 5.91 Å². The van der Waals surface area contributed by atoms with E-state index < -0.39 is 5.97 Å². The van der Waals surface area contributed by atoms with Gasteiger partial charge in [0.15, 0.2) is 0 Å². The van der Waals surface area contributed by atoms with Crippen molar-refractivity contribution in [2.24, 2.45) is 0 Å². The Hall–Kier alpha value is -1.45. The maximum Gasteiger partial charge on any atom is 0.337 e. The molecule has 1 aromatic carbocycles. The van der Waals surface area contributed by atoms with E-state index in [2.05, 4.69) is 5.32 Å². The number of carboxylic acids is 1. The molecule has 0 bridgehead atoms. The molecule has 2 N–H and O–H groups in total. The zero-order valence-corrected chi connectivity index (χ0v) is 14.2. The fraction of sp³-hybridized carbons (Fsp3) is 0. The van der Waals surface area contributed by atoms with E-state index in [-0.39, 0.29) is 11.5 Å². The van der Waals surface area contributed by atoms with Crippen molar-refractivity contribution in [1.29, 1.82) is 0 Å². The summed E-state index contributed by atoms with van der Waals surface area (Å²) in [6.45, 7) is 0. The zero-order chi connectivity index (χ0) is 15.0. The van der Waals surface area contributed by atoms with Crippen LogP contribution >= 0.6 is 45.3 Å². The lowest BCUT2D eigenvalue weighted by Crippen LogP contribution is -2.13. The molecule has 0 saturated carbocycles. The summed E-state index contributed by atoms with van der Waals surface area (Å²) in [5.74, 6) is -1.34. The van der Waals surface area contributed by atoms with Gasteiger partial charge in [0.2, 0.25) is 0 Å². The number of carbonyl (C=O) groups is 2. The number of halogens is 1. The fourth-order valence-electron chi connectivity index (χ4n) is 1.86. The molecular weight excluding hydrogens is 421 g/mol. The molecule has 106 valence electrons. The van der Waals surface area contributed by atoms with Crippen LogP contribution in [0.4, 0.5) is 5.69 Å². The van der Waals surface area contributed by atoms with Gasteiger partial charge in [-0.25, -0.2) is 4.79 Å². The third kappa shape index (κ3) is 2.94. The Balaban J connectivity index is 1.91. The zero-order valence-electron chi connectivity index (χ0n) is 10.4. The highest BCUT2D eigenvalue weighted by Crippen LogP contribution is 2.30. The number of carboxylic acid groups (broad SMARTS) is 1. The standard InChI is InChI=1S/C14H8INO3S2/c15-7-1-2-9(8(5-7)14(18)19)16-13(17)12-6-11-10(21-12)3-4-20-11/h1-6H,(H,16,17)(H,18,19). The van der Waals surface area contributed by atoms with E-state index in [9.17, 15) is 14.7 Å². The summed E-state index contributed by atoms with van der Waals surface area (Å²) in [5.41, 5.74) is 0.401. The number of benzene rings is 1. The number of anilines is 1. The number of nitrogens with one attached hydrogen (secondary N) is 1. The average molecular weight is 429 g/mol. The van der Waals surface area contributed by atoms with E-state index in [1.807, 2.05) is 40.1 Å². The number of amides is 1. The maximum absolute atomic E-state index is 12.3. The SMILES string of the molecule is O=C(Nc1ccc(I)cc1C(=O)O)c1cc2sccc2s1. The number of hydrogen-bond acceptors (Lipinski definition) is 4. The number of aromatic carboxylic acids is 1. The van der Waals surface area contributed by atoms with Gasteiger partial charge in [-0.2, -0.15) is 0 Å². The highest BCUT2D eigenvalue weighted by atomic mass is 127. The third-order valence-electron chi connectivity index (χ3n) is 2.82. The van der Waals surface area contributed by atoms with Gasteiger partial charge < -0.3 is 10.4 Å². The molecule has 0 spiro atoms. The van der Waals surface area contributed by atoms with Crippen LogP contribution in [0.1, 0.15) is 20.0 Å². The van der Waals surface area contributed by atoms with E-state index in [1.54, 1.807) is 23.5 Å². The van der Waals surface area contributed by atoms with Crippen molar-refractivity contribution >= 4 is 72.2 Å². The lowest BCUT2D eigenvalue weighted by atomic mass is 10.2. The molecule has 0 saturated heterocycles. The van der Waals surface area contributed by atoms with Crippen molar-refractivity contribution in [3.8, 4) is 0 Å². The van der Waals surface area contributed by atoms with Gasteiger partial charge in [0.1, 0.15) is 0 Å². The summed E-state index contributed by atoms with van der Waals surface area (Å²) in [7, 11) is 0. The second-order valence-electron chi connectivity index (χ2n) is 4.21. The van der Waals surface area contributed by atoms with E-state index in [4.69, 9.17) is 0 Å². The maximum atomic E-state index is 12.3. The van der Waals surface area contributed by atoms with Gasteiger partial charge in [-0.05, 0) is 58.3 Å². The molecule has 0 aliphatic carbocycles. The van der Waals surface area contributed by atoms with Crippen LogP contribution < -0.4 is 5.32 Å². The molecular formula is C14H8INO3S2. The summed E-state index contributed by atoms with van der Waals surface area (Å²) in [5, 5.41) is 13.9. The first-order valence-corrected chi connectivity index (χ1v) is 8.63. The lowest BCUT2D eigenvalue weighted by molar-refractivity contribution is 0.0698. The van der Waals surface area contributed by atoms with Crippen LogP contribution in [0.15, 0.2) is 35.7 Å². The Bertz CT molecular complexity index is 824. The number of thiophene rings is 2. The van der Waals surface area contributed by atoms with E-state index in [1.165, 1.54) is 17.4 Å². The lowest BCUT2D eigenvalue weighted by Gasteiger charge is -2.07. The van der Waals surface area contributed by atoms with Crippen LogP contribution in [-0.4, -0.2) is 17.0 Å². The highest BCUT2D eigenvalue weighted by molar-refractivity contribution is 14.1. The molecule has 4 nitrogen and oxygen atoms in total. The van der Waals surface area contributed by atoms with Crippen LogP contribution in [0, 0.1) is 3.57 Å². The van der Waals surface area contributed by atoms with Crippen molar-refractivity contribution in [3.05, 3.63) is 49.7 Å². The van der Waals surface area contributed by atoms with Gasteiger partial charge in [0.05, 0.1) is 16.1 Å². The van der Waals surface area contributed by atoms with Crippen molar-refractivity contribution < 1.29 is 14.7 Å². The normalized spacial score (nSPS) is 10.7. The Morgan fingerprint density at radius 2 is 1.95 bits per heavy atom. The predicted octanol–water partition coefficient (Wildman–Crippen LogP) is 4.52. The minimum atomic E-state index is -1.06.